The molecule has 0 radical (unpaired) electrons. The second-order valence-corrected chi connectivity index (χ2v) is 6.07. The van der Waals surface area contributed by atoms with E-state index in [1.165, 1.54) is 6.08 Å². The van der Waals surface area contributed by atoms with Crippen molar-refractivity contribution in [2.24, 2.45) is 0 Å². The van der Waals surface area contributed by atoms with E-state index in [9.17, 15) is 9.59 Å². The Bertz CT molecular complexity index is 805. The van der Waals surface area contributed by atoms with Crippen molar-refractivity contribution in [2.45, 2.75) is 6.92 Å². The number of hydrogen-bond acceptors (Lipinski definition) is 4. The van der Waals surface area contributed by atoms with E-state index in [0.29, 0.717) is 43.2 Å². The number of ketones is 1. The molecule has 0 aromatic heterocycles. The number of hydrogen-bond donors (Lipinski definition) is 0. The third-order valence-electron chi connectivity index (χ3n) is 4.14. The molecule has 1 amide bonds. The smallest absolute Gasteiger partial charge is 0.410 e. The lowest BCUT2D eigenvalue weighted by atomic mass is 10.1. The van der Waals surface area contributed by atoms with Gasteiger partial charge in [-0.15, -0.1) is 0 Å². The van der Waals surface area contributed by atoms with Gasteiger partial charge < -0.3 is 14.4 Å². The van der Waals surface area contributed by atoms with E-state index in [2.05, 4.69) is 0 Å². The van der Waals surface area contributed by atoms with E-state index in [0.717, 1.165) is 5.56 Å². The summed E-state index contributed by atoms with van der Waals surface area (Å²) in [4.78, 5) is 26.2. The van der Waals surface area contributed by atoms with Crippen LogP contribution in [0.2, 0.25) is 0 Å². The van der Waals surface area contributed by atoms with Crippen LogP contribution in [0.3, 0.4) is 0 Å². The molecule has 1 fully saturated rings. The topological polar surface area (TPSA) is 55.8 Å². The third-order valence-corrected chi connectivity index (χ3v) is 4.14. The SMILES string of the molecule is Cc1ccc(C(=O)C=Cc2ccccc2OC(=O)N2CCOCC2)cc1. The molecule has 0 aliphatic carbocycles. The van der Waals surface area contributed by atoms with Crippen molar-refractivity contribution in [1.82, 2.24) is 4.90 Å². The number of para-hydroxylation sites is 1. The van der Waals surface area contributed by atoms with Gasteiger partial charge in [0, 0.05) is 24.2 Å². The standard InChI is InChI=1S/C21H21NO4/c1-16-6-8-17(9-7-16)19(23)11-10-18-4-2-3-5-20(18)26-21(24)22-12-14-25-15-13-22/h2-11H,12-15H2,1H3. The Labute approximate surface area is 152 Å². The molecule has 1 saturated heterocycles. The molecular weight excluding hydrogens is 330 g/mol. The van der Waals surface area contributed by atoms with Gasteiger partial charge in [0.1, 0.15) is 5.75 Å². The number of carbonyl (C=O) groups is 2. The molecule has 26 heavy (non-hydrogen) atoms. The largest absolute Gasteiger partial charge is 0.415 e. The molecule has 2 aromatic rings. The van der Waals surface area contributed by atoms with Crippen LogP contribution in [0.15, 0.2) is 54.6 Å². The summed E-state index contributed by atoms with van der Waals surface area (Å²) in [5.74, 6) is 0.330. The number of benzene rings is 2. The highest BCUT2D eigenvalue weighted by molar-refractivity contribution is 6.07. The minimum absolute atomic E-state index is 0.0979. The fourth-order valence-corrected chi connectivity index (χ4v) is 2.60. The number of morpholine rings is 1. The van der Waals surface area contributed by atoms with E-state index >= 15 is 0 Å². The van der Waals surface area contributed by atoms with Crippen molar-refractivity contribution in [3.8, 4) is 5.75 Å². The Balaban J connectivity index is 1.71. The van der Waals surface area contributed by atoms with Crippen LogP contribution in [0.1, 0.15) is 21.5 Å². The quantitative estimate of drug-likeness (QED) is 0.622. The van der Waals surface area contributed by atoms with Gasteiger partial charge >= 0.3 is 6.09 Å². The zero-order chi connectivity index (χ0) is 18.4. The molecule has 5 nitrogen and oxygen atoms in total. The van der Waals surface area contributed by atoms with Crippen molar-refractivity contribution in [3.63, 3.8) is 0 Å². The molecule has 0 atom stereocenters. The van der Waals surface area contributed by atoms with E-state index in [-0.39, 0.29) is 5.78 Å². The van der Waals surface area contributed by atoms with Gasteiger partial charge in [-0.3, -0.25) is 4.79 Å². The predicted octanol–water partition coefficient (Wildman–Crippen LogP) is 3.72. The highest BCUT2D eigenvalue weighted by Gasteiger charge is 2.19. The Morgan fingerprint density at radius 1 is 1.04 bits per heavy atom. The molecule has 1 aliphatic rings. The number of rotatable bonds is 4. The maximum absolute atomic E-state index is 12.3. The molecule has 0 N–H and O–H groups in total. The molecule has 2 aromatic carbocycles. The lowest BCUT2D eigenvalue weighted by Gasteiger charge is -2.26. The minimum atomic E-state index is -0.404. The summed E-state index contributed by atoms with van der Waals surface area (Å²) in [5, 5.41) is 0. The predicted molar refractivity (Wildman–Crippen MR) is 99.4 cm³/mol. The molecule has 5 heteroatoms. The molecule has 1 aliphatic heterocycles. The zero-order valence-electron chi connectivity index (χ0n) is 14.7. The van der Waals surface area contributed by atoms with Gasteiger partial charge in [-0.1, -0.05) is 48.0 Å². The lowest BCUT2D eigenvalue weighted by Crippen LogP contribution is -2.42. The number of ether oxygens (including phenoxy) is 2. The van der Waals surface area contributed by atoms with Crippen LogP contribution in [0, 0.1) is 6.92 Å². The molecule has 134 valence electrons. The number of aryl methyl sites for hydroxylation is 1. The van der Waals surface area contributed by atoms with Crippen LogP contribution in [0.25, 0.3) is 6.08 Å². The van der Waals surface area contributed by atoms with Crippen molar-refractivity contribution in [3.05, 3.63) is 71.3 Å². The summed E-state index contributed by atoms with van der Waals surface area (Å²) < 4.78 is 10.7. The first-order valence-corrected chi connectivity index (χ1v) is 8.56. The van der Waals surface area contributed by atoms with Crippen LogP contribution in [-0.2, 0) is 4.74 Å². The van der Waals surface area contributed by atoms with Crippen LogP contribution < -0.4 is 4.74 Å². The Hall–Kier alpha value is -2.92. The van der Waals surface area contributed by atoms with Crippen molar-refractivity contribution in [1.29, 1.82) is 0 Å². The van der Waals surface area contributed by atoms with Crippen LogP contribution in [0.5, 0.6) is 5.75 Å². The van der Waals surface area contributed by atoms with Crippen LogP contribution in [0.4, 0.5) is 4.79 Å². The average molecular weight is 351 g/mol. The van der Waals surface area contributed by atoms with Crippen LogP contribution >= 0.6 is 0 Å². The third kappa shape index (κ3) is 4.58. The fraction of sp³-hybridized carbons (Fsp3) is 0.238. The van der Waals surface area contributed by atoms with E-state index < -0.39 is 6.09 Å². The minimum Gasteiger partial charge on any atom is -0.410 e. The summed E-state index contributed by atoms with van der Waals surface area (Å²) in [7, 11) is 0. The Morgan fingerprint density at radius 3 is 2.46 bits per heavy atom. The number of amides is 1. The summed E-state index contributed by atoms with van der Waals surface area (Å²) >= 11 is 0. The average Bonchev–Trinajstić information content (AvgIpc) is 2.68. The Morgan fingerprint density at radius 2 is 1.73 bits per heavy atom. The second kappa shape index (κ2) is 8.45. The number of carbonyl (C=O) groups excluding carboxylic acids is 2. The summed E-state index contributed by atoms with van der Waals surface area (Å²) in [5.41, 5.74) is 2.40. The highest BCUT2D eigenvalue weighted by atomic mass is 16.6. The first-order chi connectivity index (χ1) is 12.6. The van der Waals surface area contributed by atoms with Gasteiger partial charge in [0.2, 0.25) is 0 Å². The van der Waals surface area contributed by atoms with Gasteiger partial charge in [0.05, 0.1) is 13.2 Å². The second-order valence-electron chi connectivity index (χ2n) is 6.07. The van der Waals surface area contributed by atoms with Gasteiger partial charge in [-0.2, -0.15) is 0 Å². The summed E-state index contributed by atoms with van der Waals surface area (Å²) in [6, 6.07) is 14.6. The van der Waals surface area contributed by atoms with E-state index in [4.69, 9.17) is 9.47 Å². The maximum Gasteiger partial charge on any atom is 0.415 e. The van der Waals surface area contributed by atoms with E-state index in [1.54, 1.807) is 41.3 Å². The summed E-state index contributed by atoms with van der Waals surface area (Å²) in [6.45, 7) is 4.04. The first kappa shape index (κ1) is 17.9. The van der Waals surface area contributed by atoms with Gasteiger partial charge in [-0.05, 0) is 25.1 Å². The van der Waals surface area contributed by atoms with Crippen molar-refractivity contribution < 1.29 is 19.1 Å². The number of nitrogens with zero attached hydrogens (tertiary/aromatic N) is 1. The normalized spacial score (nSPS) is 14.4. The molecular formula is C21H21NO4. The lowest BCUT2D eigenvalue weighted by molar-refractivity contribution is 0.0416. The maximum atomic E-state index is 12.3. The van der Waals surface area contributed by atoms with Crippen molar-refractivity contribution >= 4 is 18.0 Å². The molecule has 1 heterocycles. The highest BCUT2D eigenvalue weighted by Crippen LogP contribution is 2.21. The van der Waals surface area contributed by atoms with Gasteiger partial charge in [-0.25, -0.2) is 4.79 Å². The first-order valence-electron chi connectivity index (χ1n) is 8.56. The fourth-order valence-electron chi connectivity index (χ4n) is 2.60. The van der Waals surface area contributed by atoms with Gasteiger partial charge in [0.15, 0.2) is 5.78 Å². The number of allylic oxidation sites excluding steroid dienone is 1. The van der Waals surface area contributed by atoms with Crippen molar-refractivity contribution in [2.75, 3.05) is 26.3 Å². The zero-order valence-corrected chi connectivity index (χ0v) is 14.7. The Kier molecular flexibility index (Phi) is 5.81. The van der Waals surface area contributed by atoms with E-state index in [1.807, 2.05) is 25.1 Å². The molecule has 0 bridgehead atoms. The van der Waals surface area contributed by atoms with Gasteiger partial charge in [0.25, 0.3) is 0 Å². The molecule has 0 spiro atoms. The molecule has 3 rings (SSSR count). The molecule has 0 unspecified atom stereocenters. The molecule has 0 saturated carbocycles. The van der Waals surface area contributed by atoms with Crippen LogP contribution in [-0.4, -0.2) is 43.1 Å². The summed E-state index contributed by atoms with van der Waals surface area (Å²) in [6.07, 6.45) is 2.76. The monoisotopic (exact) mass is 351 g/mol.